The predicted molar refractivity (Wildman–Crippen MR) is 93.5 cm³/mol. The molecule has 0 spiro atoms. The van der Waals surface area contributed by atoms with Crippen LogP contribution in [0, 0.1) is 11.3 Å². The number of nitriles is 1. The van der Waals surface area contributed by atoms with Crippen LogP contribution in [0.3, 0.4) is 0 Å². The second kappa shape index (κ2) is 6.65. The minimum atomic E-state index is -0.484. The molecule has 0 fully saturated rings. The first kappa shape index (κ1) is 15.8. The standard InChI is InChI=1S/C20H14N2O4/c21-10-16-15(11-22-8-2-1-3-17(16)22)12-24-20(23)7-5-14-4-6-18-19(9-14)26-13-25-18/h1-9,11H,12-13H2/b7-5+. The summed E-state index contributed by atoms with van der Waals surface area (Å²) in [6, 6.07) is 13.2. The molecule has 6 nitrogen and oxygen atoms in total. The lowest BCUT2D eigenvalue weighted by Crippen LogP contribution is -2.01. The number of esters is 1. The topological polar surface area (TPSA) is 73.0 Å². The number of hydrogen-bond acceptors (Lipinski definition) is 5. The molecule has 3 heterocycles. The molecule has 0 bridgehead atoms. The summed E-state index contributed by atoms with van der Waals surface area (Å²) in [7, 11) is 0. The van der Waals surface area contributed by atoms with Crippen molar-refractivity contribution in [2.75, 3.05) is 6.79 Å². The maximum absolute atomic E-state index is 12.0. The third kappa shape index (κ3) is 2.98. The van der Waals surface area contributed by atoms with E-state index in [9.17, 15) is 10.1 Å². The van der Waals surface area contributed by atoms with E-state index in [4.69, 9.17) is 14.2 Å². The van der Waals surface area contributed by atoms with Gasteiger partial charge >= 0.3 is 5.97 Å². The zero-order valence-corrected chi connectivity index (χ0v) is 13.7. The fourth-order valence-corrected chi connectivity index (χ4v) is 2.79. The monoisotopic (exact) mass is 346 g/mol. The van der Waals surface area contributed by atoms with Crippen molar-refractivity contribution in [1.82, 2.24) is 4.40 Å². The molecule has 0 saturated heterocycles. The molecule has 128 valence electrons. The van der Waals surface area contributed by atoms with Crippen LogP contribution in [0.2, 0.25) is 0 Å². The first-order valence-electron chi connectivity index (χ1n) is 7.98. The van der Waals surface area contributed by atoms with Gasteiger partial charge in [-0.3, -0.25) is 0 Å². The molecule has 26 heavy (non-hydrogen) atoms. The molecule has 1 aromatic carbocycles. The Balaban J connectivity index is 1.44. The predicted octanol–water partition coefficient (Wildman–Crippen LogP) is 3.30. The van der Waals surface area contributed by atoms with Gasteiger partial charge in [0.1, 0.15) is 12.7 Å². The van der Waals surface area contributed by atoms with E-state index in [1.165, 1.54) is 6.08 Å². The summed E-state index contributed by atoms with van der Waals surface area (Å²) >= 11 is 0. The van der Waals surface area contributed by atoms with Gasteiger partial charge in [-0.25, -0.2) is 4.79 Å². The van der Waals surface area contributed by atoms with Gasteiger partial charge in [0.25, 0.3) is 0 Å². The zero-order chi connectivity index (χ0) is 17.9. The summed E-state index contributed by atoms with van der Waals surface area (Å²) in [5.41, 5.74) is 2.78. The Morgan fingerprint density at radius 3 is 3.04 bits per heavy atom. The van der Waals surface area contributed by atoms with Crippen LogP contribution in [-0.4, -0.2) is 17.2 Å². The number of nitrogens with zero attached hydrogens (tertiary/aromatic N) is 2. The lowest BCUT2D eigenvalue weighted by molar-refractivity contribution is -0.138. The van der Waals surface area contributed by atoms with Gasteiger partial charge in [0.15, 0.2) is 11.5 Å². The molecule has 0 atom stereocenters. The highest BCUT2D eigenvalue weighted by atomic mass is 16.7. The molecule has 1 aliphatic heterocycles. The van der Waals surface area contributed by atoms with Crippen molar-refractivity contribution in [1.29, 1.82) is 5.26 Å². The smallest absolute Gasteiger partial charge is 0.331 e. The quantitative estimate of drug-likeness (QED) is 0.535. The van der Waals surface area contributed by atoms with E-state index in [0.29, 0.717) is 22.6 Å². The van der Waals surface area contributed by atoms with Crippen molar-refractivity contribution in [2.24, 2.45) is 0 Å². The fraction of sp³-hybridized carbons (Fsp3) is 0.100. The van der Waals surface area contributed by atoms with Gasteiger partial charge < -0.3 is 18.6 Å². The SMILES string of the molecule is N#Cc1c(COC(=O)/C=C/c2ccc3c(c2)OCO3)cn2ccccc12. The Morgan fingerprint density at radius 1 is 1.27 bits per heavy atom. The molecule has 1 aliphatic rings. The van der Waals surface area contributed by atoms with Crippen molar-refractivity contribution in [3.05, 3.63) is 71.6 Å². The molecule has 4 rings (SSSR count). The van der Waals surface area contributed by atoms with Crippen LogP contribution in [0.5, 0.6) is 11.5 Å². The lowest BCUT2D eigenvalue weighted by atomic mass is 10.2. The lowest BCUT2D eigenvalue weighted by Gasteiger charge is -2.01. The summed E-state index contributed by atoms with van der Waals surface area (Å²) in [5.74, 6) is 0.857. The van der Waals surface area contributed by atoms with E-state index in [2.05, 4.69) is 6.07 Å². The average molecular weight is 346 g/mol. The number of benzene rings is 1. The summed E-state index contributed by atoms with van der Waals surface area (Å²) in [4.78, 5) is 12.0. The Labute approximate surface area is 149 Å². The number of fused-ring (bicyclic) bond motifs is 2. The van der Waals surface area contributed by atoms with Crippen LogP contribution < -0.4 is 9.47 Å². The zero-order valence-electron chi connectivity index (χ0n) is 13.7. The normalized spacial score (nSPS) is 12.4. The van der Waals surface area contributed by atoms with Gasteiger partial charge in [-0.15, -0.1) is 0 Å². The molecular formula is C20H14N2O4. The van der Waals surface area contributed by atoms with Crippen molar-refractivity contribution in [3.8, 4) is 17.6 Å². The summed E-state index contributed by atoms with van der Waals surface area (Å²) in [6.07, 6.45) is 6.63. The Kier molecular flexibility index (Phi) is 4.04. The van der Waals surface area contributed by atoms with E-state index in [0.717, 1.165) is 11.1 Å². The largest absolute Gasteiger partial charge is 0.458 e. The van der Waals surface area contributed by atoms with Crippen LogP contribution in [0.25, 0.3) is 11.6 Å². The number of hydrogen-bond donors (Lipinski definition) is 0. The summed E-state index contributed by atoms with van der Waals surface area (Å²) in [5, 5.41) is 9.36. The van der Waals surface area contributed by atoms with Crippen LogP contribution in [0.1, 0.15) is 16.7 Å². The fourth-order valence-electron chi connectivity index (χ4n) is 2.79. The number of pyridine rings is 1. The average Bonchev–Trinajstić information content (AvgIpc) is 3.27. The molecule has 0 N–H and O–H groups in total. The molecule has 0 radical (unpaired) electrons. The second-order valence-corrected chi connectivity index (χ2v) is 5.69. The van der Waals surface area contributed by atoms with Gasteiger partial charge in [0.2, 0.25) is 6.79 Å². The molecule has 0 unspecified atom stereocenters. The Morgan fingerprint density at radius 2 is 2.15 bits per heavy atom. The van der Waals surface area contributed by atoms with E-state index in [1.54, 1.807) is 24.4 Å². The van der Waals surface area contributed by atoms with Gasteiger partial charge in [0.05, 0.1) is 11.1 Å². The maximum atomic E-state index is 12.0. The molecule has 0 amide bonds. The molecule has 0 saturated carbocycles. The molecule has 2 aromatic heterocycles. The Bertz CT molecular complexity index is 1060. The molecule has 0 aliphatic carbocycles. The molecular weight excluding hydrogens is 332 g/mol. The minimum absolute atomic E-state index is 0.0366. The van der Waals surface area contributed by atoms with Crippen molar-refractivity contribution < 1.29 is 19.0 Å². The van der Waals surface area contributed by atoms with Crippen LogP contribution >= 0.6 is 0 Å². The molecule has 3 aromatic rings. The van der Waals surface area contributed by atoms with E-state index < -0.39 is 5.97 Å². The van der Waals surface area contributed by atoms with E-state index >= 15 is 0 Å². The van der Waals surface area contributed by atoms with Crippen LogP contribution in [0.4, 0.5) is 0 Å². The van der Waals surface area contributed by atoms with Gasteiger partial charge in [-0.05, 0) is 35.9 Å². The first-order valence-corrected chi connectivity index (χ1v) is 7.98. The van der Waals surface area contributed by atoms with Crippen LogP contribution in [0.15, 0.2) is 54.9 Å². The second-order valence-electron chi connectivity index (χ2n) is 5.69. The molecule has 6 heteroatoms. The summed E-state index contributed by atoms with van der Waals surface area (Å²) in [6.45, 7) is 0.243. The maximum Gasteiger partial charge on any atom is 0.331 e. The highest BCUT2D eigenvalue weighted by Gasteiger charge is 2.13. The Hall–Kier alpha value is -3.72. The van der Waals surface area contributed by atoms with Gasteiger partial charge in [-0.2, -0.15) is 5.26 Å². The first-order chi connectivity index (χ1) is 12.7. The van der Waals surface area contributed by atoms with Crippen molar-refractivity contribution in [2.45, 2.75) is 6.61 Å². The van der Waals surface area contributed by atoms with Crippen molar-refractivity contribution in [3.63, 3.8) is 0 Å². The number of ether oxygens (including phenoxy) is 3. The highest BCUT2D eigenvalue weighted by Crippen LogP contribution is 2.32. The summed E-state index contributed by atoms with van der Waals surface area (Å²) < 4.78 is 17.7. The third-order valence-electron chi connectivity index (χ3n) is 4.05. The number of rotatable bonds is 4. The minimum Gasteiger partial charge on any atom is -0.458 e. The third-order valence-corrected chi connectivity index (χ3v) is 4.05. The number of carbonyl (C=O) groups is 1. The van der Waals surface area contributed by atoms with Gasteiger partial charge in [-0.1, -0.05) is 12.1 Å². The van der Waals surface area contributed by atoms with Crippen LogP contribution in [-0.2, 0) is 16.1 Å². The number of carbonyl (C=O) groups excluding carboxylic acids is 1. The number of aromatic nitrogens is 1. The highest BCUT2D eigenvalue weighted by molar-refractivity contribution is 5.87. The van der Waals surface area contributed by atoms with Gasteiger partial charge in [0, 0.05) is 24.0 Å². The van der Waals surface area contributed by atoms with E-state index in [1.807, 2.05) is 34.9 Å². The van der Waals surface area contributed by atoms with Crippen molar-refractivity contribution >= 4 is 17.6 Å². The van der Waals surface area contributed by atoms with E-state index in [-0.39, 0.29) is 13.4 Å².